The SMILES string of the molecule is O=C(N[C@@H](CSC(=O)OCc1ccccc1)[C@H]1c2[nH]c3ccccc3c2CCN1O)OCC(Cl)(Cl)Cl. The van der Waals surface area contributed by atoms with E-state index in [0.29, 0.717) is 13.0 Å². The number of halogens is 3. The smallest absolute Gasteiger partial charge is 0.407 e. The standard InChI is InChI=1S/C24H24Cl3N3O5S/c25-24(26,27)14-35-22(31)29-19(13-36-23(32)34-12-15-6-2-1-3-7-15)21-20-17(10-11-30(21)33)16-8-4-5-9-18(16)28-20/h1-9,19,21,28,33H,10-14H2,(H,29,31)/t19-,21-/m0/s1. The fourth-order valence-corrected chi connectivity index (χ4v) is 5.02. The van der Waals surface area contributed by atoms with E-state index in [1.165, 1.54) is 0 Å². The Morgan fingerprint density at radius 1 is 1.14 bits per heavy atom. The third-order valence-electron chi connectivity index (χ3n) is 5.69. The first-order valence-corrected chi connectivity index (χ1v) is 13.2. The molecule has 3 aromatic rings. The number of carbonyl (C=O) groups excluding carboxylic acids is 2. The number of rotatable bonds is 7. The number of benzene rings is 2. The van der Waals surface area contributed by atoms with Crippen LogP contribution in [0.5, 0.6) is 0 Å². The van der Waals surface area contributed by atoms with Crippen molar-refractivity contribution < 1.29 is 24.3 Å². The van der Waals surface area contributed by atoms with Gasteiger partial charge in [-0.3, -0.25) is 0 Å². The van der Waals surface area contributed by atoms with Gasteiger partial charge in [-0.2, -0.15) is 5.06 Å². The van der Waals surface area contributed by atoms with Crippen molar-refractivity contribution in [3.63, 3.8) is 0 Å². The number of thioether (sulfide) groups is 1. The molecule has 1 aromatic heterocycles. The molecule has 0 fully saturated rings. The highest BCUT2D eigenvalue weighted by Crippen LogP contribution is 2.36. The van der Waals surface area contributed by atoms with E-state index in [4.69, 9.17) is 44.3 Å². The van der Waals surface area contributed by atoms with Crippen LogP contribution in [0.25, 0.3) is 10.9 Å². The van der Waals surface area contributed by atoms with Crippen molar-refractivity contribution in [2.75, 3.05) is 18.9 Å². The van der Waals surface area contributed by atoms with Crippen LogP contribution >= 0.6 is 46.6 Å². The number of hydrogen-bond donors (Lipinski definition) is 3. The number of nitrogens with zero attached hydrogens (tertiary/aromatic N) is 1. The first-order valence-electron chi connectivity index (χ1n) is 11.1. The van der Waals surface area contributed by atoms with Gasteiger partial charge in [-0.05, 0) is 35.4 Å². The van der Waals surface area contributed by atoms with Crippen LogP contribution in [0.3, 0.4) is 0 Å². The normalized spacial score (nSPS) is 16.8. The van der Waals surface area contributed by atoms with Crippen molar-refractivity contribution in [3.05, 3.63) is 71.4 Å². The molecule has 36 heavy (non-hydrogen) atoms. The van der Waals surface area contributed by atoms with Gasteiger partial charge in [0.25, 0.3) is 0 Å². The van der Waals surface area contributed by atoms with E-state index in [2.05, 4.69) is 10.3 Å². The number of amides is 1. The Balaban J connectivity index is 1.51. The molecular formula is C24H24Cl3N3O5S. The summed E-state index contributed by atoms with van der Waals surface area (Å²) in [4.78, 5) is 28.4. The number of aromatic amines is 1. The maximum atomic E-state index is 12.5. The summed E-state index contributed by atoms with van der Waals surface area (Å²) in [5.74, 6) is 0.0903. The number of para-hydroxylation sites is 1. The van der Waals surface area contributed by atoms with E-state index in [-0.39, 0.29) is 12.4 Å². The maximum Gasteiger partial charge on any atom is 0.407 e. The molecule has 0 aliphatic carbocycles. The van der Waals surface area contributed by atoms with Crippen LogP contribution in [-0.4, -0.2) is 55.4 Å². The monoisotopic (exact) mass is 571 g/mol. The van der Waals surface area contributed by atoms with Crippen molar-refractivity contribution in [2.24, 2.45) is 0 Å². The molecule has 0 saturated heterocycles. The maximum absolute atomic E-state index is 12.5. The van der Waals surface area contributed by atoms with Gasteiger partial charge in [-0.1, -0.05) is 83.3 Å². The summed E-state index contributed by atoms with van der Waals surface area (Å²) >= 11 is 18.0. The average Bonchev–Trinajstić information content (AvgIpc) is 3.23. The zero-order chi connectivity index (χ0) is 25.7. The fourth-order valence-electron chi connectivity index (χ4n) is 4.13. The molecule has 2 heterocycles. The molecule has 2 aromatic carbocycles. The quantitative estimate of drug-likeness (QED) is 0.236. The minimum atomic E-state index is -1.78. The zero-order valence-corrected chi connectivity index (χ0v) is 22.0. The predicted molar refractivity (Wildman–Crippen MR) is 141 cm³/mol. The number of hydroxylamine groups is 2. The zero-order valence-electron chi connectivity index (χ0n) is 19.0. The molecule has 8 nitrogen and oxygen atoms in total. The minimum Gasteiger partial charge on any atom is -0.453 e. The molecule has 1 aliphatic heterocycles. The van der Waals surface area contributed by atoms with E-state index in [1.807, 2.05) is 54.6 Å². The number of aromatic nitrogens is 1. The lowest BCUT2D eigenvalue weighted by atomic mass is 9.95. The van der Waals surface area contributed by atoms with Crippen LogP contribution in [0.1, 0.15) is 22.9 Å². The average molecular weight is 573 g/mol. The highest BCUT2D eigenvalue weighted by atomic mass is 35.6. The van der Waals surface area contributed by atoms with Gasteiger partial charge < -0.3 is 25.0 Å². The van der Waals surface area contributed by atoms with E-state index in [1.54, 1.807) is 0 Å². The van der Waals surface area contributed by atoms with Crippen LogP contribution in [-0.2, 0) is 22.5 Å². The molecule has 1 aliphatic rings. The molecule has 4 rings (SSSR count). The molecule has 192 valence electrons. The Bertz CT molecular complexity index is 1200. The second-order valence-electron chi connectivity index (χ2n) is 8.20. The fraction of sp³-hybridized carbons (Fsp3) is 0.333. The Labute approximate surface area is 227 Å². The van der Waals surface area contributed by atoms with Crippen LogP contribution in [0, 0.1) is 0 Å². The van der Waals surface area contributed by atoms with Gasteiger partial charge in [-0.25, -0.2) is 9.59 Å². The second-order valence-corrected chi connectivity index (χ2v) is 11.7. The summed E-state index contributed by atoms with van der Waals surface area (Å²) in [5.41, 5.74) is 3.55. The molecule has 0 spiro atoms. The molecule has 1 amide bonds. The molecule has 0 radical (unpaired) electrons. The highest BCUT2D eigenvalue weighted by Gasteiger charge is 2.37. The Kier molecular flexibility index (Phi) is 8.92. The minimum absolute atomic E-state index is 0.0903. The molecule has 0 bridgehead atoms. The van der Waals surface area contributed by atoms with Crippen LogP contribution in [0.2, 0.25) is 0 Å². The summed E-state index contributed by atoms with van der Waals surface area (Å²) in [5, 5.41) is 15.2. The van der Waals surface area contributed by atoms with E-state index in [9.17, 15) is 14.8 Å². The first kappa shape index (κ1) is 26.9. The predicted octanol–water partition coefficient (Wildman–Crippen LogP) is 5.99. The number of nitrogens with one attached hydrogen (secondary N) is 2. The van der Waals surface area contributed by atoms with Crippen molar-refractivity contribution in [3.8, 4) is 0 Å². The van der Waals surface area contributed by atoms with Crippen LogP contribution < -0.4 is 5.32 Å². The Morgan fingerprint density at radius 2 is 1.86 bits per heavy atom. The largest absolute Gasteiger partial charge is 0.453 e. The van der Waals surface area contributed by atoms with Crippen LogP contribution in [0.4, 0.5) is 9.59 Å². The number of carbonyl (C=O) groups is 2. The van der Waals surface area contributed by atoms with E-state index in [0.717, 1.165) is 44.5 Å². The molecule has 2 atom stereocenters. The van der Waals surface area contributed by atoms with Crippen molar-refractivity contribution in [2.45, 2.75) is 28.9 Å². The lowest BCUT2D eigenvalue weighted by Crippen LogP contribution is -2.49. The van der Waals surface area contributed by atoms with Crippen molar-refractivity contribution in [1.29, 1.82) is 0 Å². The van der Waals surface area contributed by atoms with Crippen molar-refractivity contribution >= 4 is 68.9 Å². The first-order chi connectivity index (χ1) is 17.2. The topological polar surface area (TPSA) is 104 Å². The van der Waals surface area contributed by atoms with Gasteiger partial charge in [0.1, 0.15) is 13.2 Å². The summed E-state index contributed by atoms with van der Waals surface area (Å²) in [6, 6.07) is 15.7. The van der Waals surface area contributed by atoms with Crippen molar-refractivity contribution in [1.82, 2.24) is 15.4 Å². The highest BCUT2D eigenvalue weighted by molar-refractivity contribution is 8.13. The Morgan fingerprint density at radius 3 is 2.61 bits per heavy atom. The van der Waals surface area contributed by atoms with Gasteiger partial charge in [-0.15, -0.1) is 0 Å². The molecule has 12 heteroatoms. The number of fused-ring (bicyclic) bond motifs is 3. The summed E-state index contributed by atoms with van der Waals surface area (Å²) in [7, 11) is 0. The molecule has 0 unspecified atom stereocenters. The lowest BCUT2D eigenvalue weighted by Gasteiger charge is -2.36. The number of alkyl carbamates (subject to hydrolysis) is 1. The summed E-state index contributed by atoms with van der Waals surface area (Å²) in [6.45, 7) is -0.00455. The Hall–Kier alpha value is -2.14. The van der Waals surface area contributed by atoms with Gasteiger partial charge in [0.15, 0.2) is 0 Å². The van der Waals surface area contributed by atoms with Gasteiger partial charge in [0.2, 0.25) is 3.79 Å². The van der Waals surface area contributed by atoms with Gasteiger partial charge >= 0.3 is 11.4 Å². The van der Waals surface area contributed by atoms with Crippen LogP contribution in [0.15, 0.2) is 54.6 Å². The molecular weight excluding hydrogens is 549 g/mol. The number of H-pyrrole nitrogens is 1. The van der Waals surface area contributed by atoms with Gasteiger partial charge in [0.05, 0.1) is 12.1 Å². The number of ether oxygens (including phenoxy) is 2. The van der Waals surface area contributed by atoms with E-state index < -0.39 is 33.9 Å². The molecule has 0 saturated carbocycles. The third kappa shape index (κ3) is 7.00. The number of alkyl halides is 3. The lowest BCUT2D eigenvalue weighted by molar-refractivity contribution is -0.140. The summed E-state index contributed by atoms with van der Waals surface area (Å²) in [6.07, 6.45) is -0.232. The number of hydrogen-bond acceptors (Lipinski definition) is 7. The molecule has 3 N–H and O–H groups in total. The van der Waals surface area contributed by atoms with Gasteiger partial charge in [0, 0.05) is 28.9 Å². The third-order valence-corrected chi connectivity index (χ3v) is 6.89. The second kappa shape index (κ2) is 11.9. The van der Waals surface area contributed by atoms with E-state index >= 15 is 0 Å². The summed E-state index contributed by atoms with van der Waals surface area (Å²) < 4.78 is 8.61.